The summed E-state index contributed by atoms with van der Waals surface area (Å²) in [7, 11) is 4.25. The van der Waals surface area contributed by atoms with Crippen LogP contribution in [0.1, 0.15) is 24.4 Å². The van der Waals surface area contributed by atoms with E-state index in [1.165, 1.54) is 25.0 Å². The second kappa shape index (κ2) is 6.98. The van der Waals surface area contributed by atoms with Crippen molar-refractivity contribution in [1.82, 2.24) is 9.80 Å². The molecule has 2 unspecified atom stereocenters. The van der Waals surface area contributed by atoms with Gasteiger partial charge in [0.25, 0.3) is 0 Å². The molecule has 1 aliphatic rings. The Morgan fingerprint density at radius 2 is 2.25 bits per heavy atom. The lowest BCUT2D eigenvalue weighted by Crippen LogP contribution is -2.47. The van der Waals surface area contributed by atoms with E-state index in [0.717, 1.165) is 23.1 Å². The van der Waals surface area contributed by atoms with Crippen molar-refractivity contribution in [3.05, 3.63) is 34.1 Å². The van der Waals surface area contributed by atoms with Crippen LogP contribution in [-0.2, 0) is 0 Å². The molecular weight excluding hydrogens is 321 g/mol. The second-order valence-electron chi connectivity index (χ2n) is 5.67. The normalized spacial score (nSPS) is 22.2. The molecule has 20 heavy (non-hydrogen) atoms. The van der Waals surface area contributed by atoms with Crippen LogP contribution in [0.5, 0.6) is 0 Å². The van der Waals surface area contributed by atoms with Gasteiger partial charge in [0.05, 0.1) is 0 Å². The first kappa shape index (κ1) is 15.9. The van der Waals surface area contributed by atoms with Crippen LogP contribution in [0.25, 0.3) is 0 Å². The molecule has 1 aromatic carbocycles. The highest BCUT2D eigenvalue weighted by molar-refractivity contribution is 9.10. The molecule has 0 bridgehead atoms. The fourth-order valence-electron chi connectivity index (χ4n) is 2.93. The Balaban J connectivity index is 2.19. The zero-order chi connectivity index (χ0) is 14.7. The van der Waals surface area contributed by atoms with Crippen LogP contribution in [0.3, 0.4) is 0 Å². The van der Waals surface area contributed by atoms with Crippen molar-refractivity contribution in [2.24, 2.45) is 5.73 Å². The van der Waals surface area contributed by atoms with Gasteiger partial charge in [0, 0.05) is 29.6 Å². The SMILES string of the molecule is CN(C)C1CCCN(C(CN)c2ccc(F)cc2Br)C1. The number of nitrogens with two attached hydrogens (primary N) is 1. The van der Waals surface area contributed by atoms with Crippen LogP contribution in [0.15, 0.2) is 22.7 Å². The van der Waals surface area contributed by atoms with Crippen molar-refractivity contribution < 1.29 is 4.39 Å². The highest BCUT2D eigenvalue weighted by Crippen LogP contribution is 2.30. The number of nitrogens with zero attached hydrogens (tertiary/aromatic N) is 2. The van der Waals surface area contributed by atoms with Crippen LogP contribution >= 0.6 is 15.9 Å². The van der Waals surface area contributed by atoms with E-state index in [1.807, 2.05) is 6.07 Å². The minimum absolute atomic E-state index is 0.146. The largest absolute Gasteiger partial charge is 0.329 e. The summed E-state index contributed by atoms with van der Waals surface area (Å²) in [6.45, 7) is 2.61. The fourth-order valence-corrected chi connectivity index (χ4v) is 3.55. The zero-order valence-electron chi connectivity index (χ0n) is 12.1. The van der Waals surface area contributed by atoms with Gasteiger partial charge in [-0.3, -0.25) is 4.90 Å². The number of hydrogen-bond acceptors (Lipinski definition) is 3. The van der Waals surface area contributed by atoms with E-state index in [9.17, 15) is 4.39 Å². The number of benzene rings is 1. The molecule has 5 heteroatoms. The molecule has 112 valence electrons. The number of likely N-dealkylation sites (tertiary alicyclic amines) is 1. The van der Waals surface area contributed by atoms with Crippen LogP contribution in [0.2, 0.25) is 0 Å². The Bertz CT molecular complexity index is 453. The monoisotopic (exact) mass is 343 g/mol. The zero-order valence-corrected chi connectivity index (χ0v) is 13.7. The topological polar surface area (TPSA) is 32.5 Å². The molecule has 0 saturated carbocycles. The maximum absolute atomic E-state index is 13.2. The van der Waals surface area contributed by atoms with E-state index in [0.29, 0.717) is 12.6 Å². The van der Waals surface area contributed by atoms with E-state index in [-0.39, 0.29) is 11.9 Å². The van der Waals surface area contributed by atoms with E-state index in [1.54, 1.807) is 0 Å². The molecule has 1 aromatic rings. The minimum atomic E-state index is -0.221. The number of rotatable bonds is 4. The lowest BCUT2D eigenvalue weighted by molar-refractivity contribution is 0.0981. The van der Waals surface area contributed by atoms with Crippen molar-refractivity contribution in [2.75, 3.05) is 33.7 Å². The smallest absolute Gasteiger partial charge is 0.124 e. The summed E-state index contributed by atoms with van der Waals surface area (Å²) < 4.78 is 14.0. The van der Waals surface area contributed by atoms with E-state index >= 15 is 0 Å². The fraction of sp³-hybridized carbons (Fsp3) is 0.600. The molecule has 1 heterocycles. The van der Waals surface area contributed by atoms with Gasteiger partial charge in [-0.2, -0.15) is 0 Å². The Labute approximate surface area is 129 Å². The standard InChI is InChI=1S/C15H23BrFN3/c1-19(2)12-4-3-7-20(10-12)15(9-18)13-6-5-11(17)8-14(13)16/h5-6,8,12,15H,3-4,7,9-10,18H2,1-2H3. The predicted octanol–water partition coefficient (Wildman–Crippen LogP) is 2.61. The molecule has 0 spiro atoms. The summed E-state index contributed by atoms with van der Waals surface area (Å²) in [5, 5.41) is 0. The summed E-state index contributed by atoms with van der Waals surface area (Å²) in [4.78, 5) is 4.70. The van der Waals surface area contributed by atoms with Gasteiger partial charge in [-0.1, -0.05) is 22.0 Å². The van der Waals surface area contributed by atoms with Crippen molar-refractivity contribution in [3.63, 3.8) is 0 Å². The summed E-state index contributed by atoms with van der Waals surface area (Å²) in [5.74, 6) is -0.221. The van der Waals surface area contributed by atoms with Gasteiger partial charge < -0.3 is 10.6 Å². The first-order chi connectivity index (χ1) is 9.52. The number of piperidine rings is 1. The highest BCUT2D eigenvalue weighted by atomic mass is 79.9. The third-order valence-electron chi connectivity index (χ3n) is 4.14. The molecule has 0 aliphatic carbocycles. The van der Waals surface area contributed by atoms with Crippen molar-refractivity contribution in [2.45, 2.75) is 24.9 Å². The van der Waals surface area contributed by atoms with Gasteiger partial charge in [-0.15, -0.1) is 0 Å². The molecule has 2 rings (SSSR count). The third-order valence-corrected chi connectivity index (χ3v) is 4.83. The average molecular weight is 344 g/mol. The van der Waals surface area contributed by atoms with Gasteiger partial charge in [0.2, 0.25) is 0 Å². The van der Waals surface area contributed by atoms with Crippen LogP contribution < -0.4 is 5.73 Å². The molecule has 1 saturated heterocycles. The summed E-state index contributed by atoms with van der Waals surface area (Å²) in [6, 6.07) is 5.59. The number of halogens is 2. The van der Waals surface area contributed by atoms with Crippen molar-refractivity contribution in [3.8, 4) is 0 Å². The molecule has 1 fully saturated rings. The molecule has 3 nitrogen and oxygen atoms in total. The van der Waals surface area contributed by atoms with Crippen molar-refractivity contribution in [1.29, 1.82) is 0 Å². The van der Waals surface area contributed by atoms with Gasteiger partial charge in [-0.25, -0.2) is 4.39 Å². The molecule has 0 aromatic heterocycles. The lowest BCUT2D eigenvalue weighted by Gasteiger charge is -2.40. The molecule has 2 atom stereocenters. The van der Waals surface area contributed by atoms with Crippen LogP contribution in [0.4, 0.5) is 4.39 Å². The van der Waals surface area contributed by atoms with E-state index < -0.39 is 0 Å². The Morgan fingerprint density at radius 3 is 2.85 bits per heavy atom. The van der Waals surface area contributed by atoms with Gasteiger partial charge in [0.1, 0.15) is 5.82 Å². The predicted molar refractivity (Wildman–Crippen MR) is 84.2 cm³/mol. The first-order valence-electron chi connectivity index (χ1n) is 7.08. The maximum Gasteiger partial charge on any atom is 0.124 e. The minimum Gasteiger partial charge on any atom is -0.329 e. The van der Waals surface area contributed by atoms with Crippen LogP contribution in [0, 0.1) is 5.82 Å². The molecule has 0 amide bonds. The van der Waals surface area contributed by atoms with Crippen molar-refractivity contribution >= 4 is 15.9 Å². The Morgan fingerprint density at radius 1 is 1.50 bits per heavy atom. The summed E-state index contributed by atoms with van der Waals surface area (Å²) in [6.07, 6.45) is 2.41. The molecule has 2 N–H and O–H groups in total. The van der Waals surface area contributed by atoms with Crippen LogP contribution in [-0.4, -0.2) is 49.6 Å². The quantitative estimate of drug-likeness (QED) is 0.911. The lowest BCUT2D eigenvalue weighted by atomic mass is 9.99. The maximum atomic E-state index is 13.2. The Hall–Kier alpha value is -0.490. The van der Waals surface area contributed by atoms with Gasteiger partial charge in [0.15, 0.2) is 0 Å². The first-order valence-corrected chi connectivity index (χ1v) is 7.87. The van der Waals surface area contributed by atoms with Gasteiger partial charge >= 0.3 is 0 Å². The average Bonchev–Trinajstić information content (AvgIpc) is 2.42. The Kier molecular flexibility index (Phi) is 5.55. The molecular formula is C15H23BrFN3. The molecule has 1 aliphatic heterocycles. The summed E-state index contributed by atoms with van der Waals surface area (Å²) in [5.41, 5.74) is 7.07. The summed E-state index contributed by atoms with van der Waals surface area (Å²) >= 11 is 3.47. The third kappa shape index (κ3) is 3.58. The van der Waals surface area contributed by atoms with E-state index in [2.05, 4.69) is 39.8 Å². The highest BCUT2D eigenvalue weighted by Gasteiger charge is 2.28. The molecule has 0 radical (unpaired) electrons. The number of likely N-dealkylation sites (N-methyl/N-ethyl adjacent to an activating group) is 1. The second-order valence-corrected chi connectivity index (χ2v) is 6.53. The van der Waals surface area contributed by atoms with E-state index in [4.69, 9.17) is 5.73 Å². The number of hydrogen-bond donors (Lipinski definition) is 1. The van der Waals surface area contributed by atoms with Gasteiger partial charge in [-0.05, 0) is 51.2 Å².